The Kier molecular flexibility index (Phi) is 6.72. The first-order valence-corrected chi connectivity index (χ1v) is 11.4. The maximum Gasteiger partial charge on any atom is 0.309 e. The molecule has 0 unspecified atom stereocenters. The van der Waals surface area contributed by atoms with Gasteiger partial charge in [-0.15, -0.1) is 0 Å². The lowest BCUT2D eigenvalue weighted by atomic mass is 9.96. The molecule has 0 spiro atoms. The van der Waals surface area contributed by atoms with E-state index in [1.54, 1.807) is 36.1 Å². The number of piperidine rings is 1. The largest absolute Gasteiger partial charge is 0.466 e. The van der Waals surface area contributed by atoms with E-state index in [2.05, 4.69) is 4.72 Å². The van der Waals surface area contributed by atoms with Crippen molar-refractivity contribution < 1.29 is 22.7 Å². The van der Waals surface area contributed by atoms with Crippen molar-refractivity contribution >= 4 is 21.9 Å². The summed E-state index contributed by atoms with van der Waals surface area (Å²) in [5.74, 6) is -0.210. The molecule has 2 fully saturated rings. The molecule has 1 aliphatic heterocycles. The van der Waals surface area contributed by atoms with Crippen LogP contribution in [0.3, 0.4) is 0 Å². The molecule has 1 amide bonds. The van der Waals surface area contributed by atoms with Crippen LogP contribution in [0.4, 0.5) is 0 Å². The first-order valence-electron chi connectivity index (χ1n) is 9.94. The molecular weight excluding hydrogens is 380 g/mol. The summed E-state index contributed by atoms with van der Waals surface area (Å²) in [6, 6.07) is 6.80. The Labute approximate surface area is 166 Å². The summed E-state index contributed by atoms with van der Waals surface area (Å²) in [6.45, 7) is 3.33. The molecule has 154 valence electrons. The van der Waals surface area contributed by atoms with E-state index >= 15 is 0 Å². The molecule has 1 aromatic rings. The number of sulfonamides is 1. The number of esters is 1. The van der Waals surface area contributed by atoms with Crippen LogP contribution < -0.4 is 4.72 Å². The maximum absolute atomic E-state index is 12.4. The molecule has 7 nitrogen and oxygen atoms in total. The van der Waals surface area contributed by atoms with Crippen molar-refractivity contribution in [1.82, 2.24) is 9.62 Å². The molecule has 28 heavy (non-hydrogen) atoms. The molecule has 0 bridgehead atoms. The summed E-state index contributed by atoms with van der Waals surface area (Å²) in [5.41, 5.74) is 0.931. The molecule has 3 rings (SSSR count). The van der Waals surface area contributed by atoms with Crippen molar-refractivity contribution in [3.63, 3.8) is 0 Å². The predicted molar refractivity (Wildman–Crippen MR) is 104 cm³/mol. The van der Waals surface area contributed by atoms with Gasteiger partial charge in [0.15, 0.2) is 0 Å². The van der Waals surface area contributed by atoms with Gasteiger partial charge in [0.2, 0.25) is 15.9 Å². The molecule has 1 aromatic carbocycles. The quantitative estimate of drug-likeness (QED) is 0.663. The first kappa shape index (κ1) is 20.8. The van der Waals surface area contributed by atoms with Gasteiger partial charge in [0, 0.05) is 25.6 Å². The van der Waals surface area contributed by atoms with E-state index in [0.717, 1.165) is 18.4 Å². The summed E-state index contributed by atoms with van der Waals surface area (Å²) in [7, 11) is -3.44. The summed E-state index contributed by atoms with van der Waals surface area (Å²) in [6.07, 6.45) is 4.02. The molecule has 8 heteroatoms. The molecule has 0 atom stereocenters. The van der Waals surface area contributed by atoms with Gasteiger partial charge in [-0.25, -0.2) is 13.1 Å². The van der Waals surface area contributed by atoms with E-state index in [9.17, 15) is 18.0 Å². The van der Waals surface area contributed by atoms with Crippen LogP contribution in [0.5, 0.6) is 0 Å². The van der Waals surface area contributed by atoms with Crippen LogP contribution in [-0.2, 0) is 30.8 Å². The number of hydrogen-bond donors (Lipinski definition) is 1. The third-order valence-corrected chi connectivity index (χ3v) is 6.76. The van der Waals surface area contributed by atoms with Gasteiger partial charge in [0.25, 0.3) is 0 Å². The van der Waals surface area contributed by atoms with Crippen molar-refractivity contribution in [3.05, 3.63) is 29.8 Å². The maximum atomic E-state index is 12.4. The zero-order chi connectivity index (χ0) is 20.1. The second-order valence-corrected chi connectivity index (χ2v) is 9.16. The number of carbonyl (C=O) groups excluding carboxylic acids is 2. The van der Waals surface area contributed by atoms with Crippen LogP contribution in [-0.4, -0.2) is 50.9 Å². The topological polar surface area (TPSA) is 92.8 Å². The Bertz CT molecular complexity index is 794. The molecule has 2 aliphatic rings. The number of benzene rings is 1. The van der Waals surface area contributed by atoms with E-state index in [-0.39, 0.29) is 28.7 Å². The van der Waals surface area contributed by atoms with Gasteiger partial charge >= 0.3 is 5.97 Å². The number of amides is 1. The van der Waals surface area contributed by atoms with Gasteiger partial charge in [0.1, 0.15) is 0 Å². The number of hydrogen-bond acceptors (Lipinski definition) is 5. The van der Waals surface area contributed by atoms with Crippen molar-refractivity contribution in [2.75, 3.05) is 19.7 Å². The van der Waals surface area contributed by atoms with Crippen LogP contribution in [0.2, 0.25) is 0 Å². The molecule has 1 heterocycles. The zero-order valence-corrected chi connectivity index (χ0v) is 17.0. The SMILES string of the molecule is CCOC(=O)C1CCN(C(=O)CCc2ccc(S(=O)(=O)NC3CC3)cc2)CC1. The van der Waals surface area contributed by atoms with Crippen LogP contribution in [0, 0.1) is 5.92 Å². The fraction of sp³-hybridized carbons (Fsp3) is 0.600. The highest BCUT2D eigenvalue weighted by atomic mass is 32.2. The fourth-order valence-electron chi connectivity index (χ4n) is 3.36. The Morgan fingerprint density at radius 3 is 2.32 bits per heavy atom. The Balaban J connectivity index is 1.45. The average Bonchev–Trinajstić information content (AvgIpc) is 3.50. The standard InChI is InChI=1S/C20H28N2O5S/c1-2-27-20(24)16-11-13-22(14-12-16)19(23)10-5-15-3-8-18(9-4-15)28(25,26)21-17-6-7-17/h3-4,8-9,16-17,21H,2,5-7,10-14H2,1H3. The number of ether oxygens (including phenoxy) is 1. The summed E-state index contributed by atoms with van der Waals surface area (Å²) in [5, 5.41) is 0. The van der Waals surface area contributed by atoms with E-state index < -0.39 is 10.0 Å². The molecule has 1 saturated carbocycles. The van der Waals surface area contributed by atoms with Gasteiger partial charge in [-0.1, -0.05) is 12.1 Å². The third kappa shape index (κ3) is 5.54. The smallest absolute Gasteiger partial charge is 0.309 e. The summed E-state index contributed by atoms with van der Waals surface area (Å²) >= 11 is 0. The predicted octanol–water partition coefficient (Wildman–Crippen LogP) is 1.86. The fourth-order valence-corrected chi connectivity index (χ4v) is 4.66. The Hall–Kier alpha value is -1.93. The van der Waals surface area contributed by atoms with Crippen molar-refractivity contribution in [1.29, 1.82) is 0 Å². The van der Waals surface area contributed by atoms with Crippen molar-refractivity contribution in [2.24, 2.45) is 5.92 Å². The molecule has 1 N–H and O–H groups in total. The van der Waals surface area contributed by atoms with Gasteiger partial charge in [0.05, 0.1) is 17.4 Å². The minimum absolute atomic E-state index is 0.0643. The highest BCUT2D eigenvalue weighted by Crippen LogP contribution is 2.23. The number of rotatable bonds is 8. The number of nitrogens with one attached hydrogen (secondary N) is 1. The van der Waals surface area contributed by atoms with Crippen molar-refractivity contribution in [2.45, 2.75) is 56.4 Å². The monoisotopic (exact) mass is 408 g/mol. The number of aryl methyl sites for hydroxylation is 1. The molecular formula is C20H28N2O5S. The second-order valence-electron chi connectivity index (χ2n) is 7.45. The van der Waals surface area contributed by atoms with Gasteiger partial charge in [-0.05, 0) is 56.7 Å². The van der Waals surface area contributed by atoms with Crippen molar-refractivity contribution in [3.8, 4) is 0 Å². The lowest BCUT2D eigenvalue weighted by Gasteiger charge is -2.31. The van der Waals surface area contributed by atoms with Gasteiger partial charge < -0.3 is 9.64 Å². The number of likely N-dealkylation sites (tertiary alicyclic amines) is 1. The summed E-state index contributed by atoms with van der Waals surface area (Å²) < 4.78 is 32.1. The van der Waals surface area contributed by atoms with E-state index in [4.69, 9.17) is 4.74 Å². The minimum atomic E-state index is -3.44. The minimum Gasteiger partial charge on any atom is -0.466 e. The zero-order valence-electron chi connectivity index (χ0n) is 16.2. The third-order valence-electron chi connectivity index (χ3n) is 5.23. The first-order chi connectivity index (χ1) is 13.4. The van der Waals surface area contributed by atoms with Crippen LogP contribution in [0.15, 0.2) is 29.2 Å². The lowest BCUT2D eigenvalue weighted by Crippen LogP contribution is -2.40. The Morgan fingerprint density at radius 1 is 1.11 bits per heavy atom. The molecule has 1 aliphatic carbocycles. The normalized spacial score (nSPS) is 18.1. The second kappa shape index (κ2) is 9.05. The molecule has 0 aromatic heterocycles. The lowest BCUT2D eigenvalue weighted by molar-refractivity contribution is -0.151. The molecule has 0 radical (unpaired) electrons. The highest BCUT2D eigenvalue weighted by Gasteiger charge is 2.29. The van der Waals surface area contributed by atoms with Gasteiger partial charge in [-0.2, -0.15) is 0 Å². The highest BCUT2D eigenvalue weighted by molar-refractivity contribution is 7.89. The van der Waals surface area contributed by atoms with Crippen LogP contribution in [0.25, 0.3) is 0 Å². The number of carbonyl (C=O) groups is 2. The van der Waals surface area contributed by atoms with Crippen LogP contribution in [0.1, 0.15) is 44.6 Å². The average molecular weight is 409 g/mol. The number of nitrogens with zero attached hydrogens (tertiary/aromatic N) is 1. The van der Waals surface area contributed by atoms with Gasteiger partial charge in [-0.3, -0.25) is 9.59 Å². The van der Waals surface area contributed by atoms with E-state index in [1.165, 1.54) is 0 Å². The Morgan fingerprint density at radius 2 is 1.75 bits per heavy atom. The van der Waals surface area contributed by atoms with E-state index in [0.29, 0.717) is 45.4 Å². The summed E-state index contributed by atoms with van der Waals surface area (Å²) in [4.78, 5) is 26.3. The van der Waals surface area contributed by atoms with E-state index in [1.807, 2.05) is 0 Å². The molecule has 1 saturated heterocycles. The van der Waals surface area contributed by atoms with Crippen LogP contribution >= 0.6 is 0 Å².